The summed E-state index contributed by atoms with van der Waals surface area (Å²) in [5.41, 5.74) is 4.49. The molecule has 0 saturated heterocycles. The molecule has 4 aromatic rings. The van der Waals surface area contributed by atoms with Gasteiger partial charge in [-0.05, 0) is 72.9 Å². The summed E-state index contributed by atoms with van der Waals surface area (Å²) in [5.74, 6) is 2.33. The fourth-order valence-corrected chi connectivity index (χ4v) is 5.97. The Labute approximate surface area is 269 Å². The SMILES string of the molecule is CCCCCCOc1ccc(C2c3c(-c4cc(Cl)c(C)cc4O)n[nH]c3C(=O)N2CCc2ccc(OC)c(OC)c2)cc1OC. The first-order valence-corrected chi connectivity index (χ1v) is 15.6. The molecular weight excluding hydrogens is 594 g/mol. The summed E-state index contributed by atoms with van der Waals surface area (Å²) in [6.45, 7) is 5.00. The number of aromatic hydroxyl groups is 1. The van der Waals surface area contributed by atoms with Gasteiger partial charge in [0.05, 0.1) is 34.0 Å². The van der Waals surface area contributed by atoms with Crippen LogP contribution in [0, 0.1) is 6.92 Å². The summed E-state index contributed by atoms with van der Waals surface area (Å²) in [4.78, 5) is 15.8. The number of phenols is 1. The molecule has 1 atom stereocenters. The zero-order valence-corrected chi connectivity index (χ0v) is 27.2. The minimum absolute atomic E-state index is 0.0329. The number of aryl methyl sites for hydroxylation is 1. The van der Waals surface area contributed by atoms with Crippen LogP contribution >= 0.6 is 11.6 Å². The van der Waals surface area contributed by atoms with Gasteiger partial charge in [-0.1, -0.05) is 49.9 Å². The standard InChI is InChI=1S/C35H40ClN3O6/c1-6-7-8-9-16-45-28-13-11-23(19-30(28)44-5)34-31-32(24-20-25(36)21(2)17-26(24)40)37-38-33(31)35(41)39(34)15-14-22-10-12-27(42-3)29(18-22)43-4/h10-13,17-20,34,40H,6-9,14-16H2,1-5H3,(H,37,38). The van der Waals surface area contributed by atoms with Crippen molar-refractivity contribution in [2.45, 2.75) is 52.0 Å². The molecule has 0 saturated carbocycles. The van der Waals surface area contributed by atoms with Gasteiger partial charge in [-0.3, -0.25) is 9.89 Å². The molecule has 0 radical (unpaired) electrons. The molecule has 238 valence electrons. The number of aromatic nitrogens is 2. The number of aromatic amines is 1. The van der Waals surface area contributed by atoms with Gasteiger partial charge in [-0.15, -0.1) is 0 Å². The number of methoxy groups -OCH3 is 3. The van der Waals surface area contributed by atoms with Gasteiger partial charge in [-0.25, -0.2) is 0 Å². The molecule has 3 aromatic carbocycles. The quantitative estimate of drug-likeness (QED) is 0.138. The molecule has 2 heterocycles. The summed E-state index contributed by atoms with van der Waals surface area (Å²) in [6, 6.07) is 14.3. The number of phenolic OH excluding ortho intramolecular Hbond substituents is 1. The average molecular weight is 634 g/mol. The highest BCUT2D eigenvalue weighted by atomic mass is 35.5. The van der Waals surface area contributed by atoms with Crippen molar-refractivity contribution in [1.82, 2.24) is 15.1 Å². The van der Waals surface area contributed by atoms with Crippen LogP contribution in [0.15, 0.2) is 48.5 Å². The lowest BCUT2D eigenvalue weighted by Crippen LogP contribution is -2.31. The van der Waals surface area contributed by atoms with Crippen molar-refractivity contribution < 1.29 is 28.8 Å². The number of H-pyrrole nitrogens is 1. The average Bonchev–Trinajstić information content (AvgIpc) is 3.59. The van der Waals surface area contributed by atoms with E-state index in [9.17, 15) is 9.90 Å². The zero-order chi connectivity index (χ0) is 32.1. The Bertz CT molecular complexity index is 1670. The fourth-order valence-electron chi connectivity index (χ4n) is 5.81. The molecule has 1 unspecified atom stereocenters. The van der Waals surface area contributed by atoms with E-state index in [2.05, 4.69) is 17.1 Å². The molecule has 0 spiro atoms. The van der Waals surface area contributed by atoms with Crippen LogP contribution in [0.25, 0.3) is 11.3 Å². The Balaban J connectivity index is 1.53. The molecule has 1 amide bonds. The molecule has 1 aliphatic rings. The number of rotatable bonds is 14. The highest BCUT2D eigenvalue weighted by Crippen LogP contribution is 2.46. The van der Waals surface area contributed by atoms with Crippen LogP contribution in [-0.2, 0) is 6.42 Å². The van der Waals surface area contributed by atoms with Crippen molar-refractivity contribution in [2.24, 2.45) is 0 Å². The largest absolute Gasteiger partial charge is 0.507 e. The molecule has 10 heteroatoms. The number of hydrogen-bond acceptors (Lipinski definition) is 7. The van der Waals surface area contributed by atoms with Gasteiger partial charge in [0, 0.05) is 22.7 Å². The van der Waals surface area contributed by atoms with E-state index in [0.29, 0.717) is 70.1 Å². The number of carbonyl (C=O) groups is 1. The maximum absolute atomic E-state index is 14.0. The third-order valence-electron chi connectivity index (χ3n) is 8.24. The molecule has 2 N–H and O–H groups in total. The van der Waals surface area contributed by atoms with Gasteiger partial charge >= 0.3 is 0 Å². The van der Waals surface area contributed by atoms with E-state index in [1.807, 2.05) is 48.2 Å². The van der Waals surface area contributed by atoms with Crippen molar-refractivity contribution in [3.8, 4) is 40.0 Å². The van der Waals surface area contributed by atoms with E-state index in [0.717, 1.165) is 36.0 Å². The minimum atomic E-state index is -0.520. The Kier molecular flexibility index (Phi) is 10.1. The number of carbonyl (C=O) groups excluding carboxylic acids is 1. The summed E-state index contributed by atoms with van der Waals surface area (Å²) >= 11 is 6.48. The lowest BCUT2D eigenvalue weighted by molar-refractivity contribution is 0.0745. The number of amides is 1. The van der Waals surface area contributed by atoms with Gasteiger partial charge < -0.3 is 29.0 Å². The second-order valence-electron chi connectivity index (χ2n) is 11.1. The molecule has 5 rings (SSSR count). The molecule has 0 bridgehead atoms. The highest BCUT2D eigenvalue weighted by molar-refractivity contribution is 6.31. The number of fused-ring (bicyclic) bond motifs is 1. The van der Waals surface area contributed by atoms with Crippen molar-refractivity contribution in [3.63, 3.8) is 0 Å². The minimum Gasteiger partial charge on any atom is -0.507 e. The third kappa shape index (κ3) is 6.54. The number of benzene rings is 3. The predicted octanol–water partition coefficient (Wildman–Crippen LogP) is 7.52. The second-order valence-corrected chi connectivity index (χ2v) is 11.5. The normalized spacial score (nSPS) is 14.0. The number of nitrogens with one attached hydrogen (secondary N) is 1. The zero-order valence-electron chi connectivity index (χ0n) is 26.4. The summed E-state index contributed by atoms with van der Waals surface area (Å²) in [5, 5.41) is 18.9. The van der Waals surface area contributed by atoms with Crippen molar-refractivity contribution in [2.75, 3.05) is 34.5 Å². The highest BCUT2D eigenvalue weighted by Gasteiger charge is 2.42. The van der Waals surface area contributed by atoms with E-state index >= 15 is 0 Å². The Morgan fingerprint density at radius 2 is 1.67 bits per heavy atom. The number of ether oxygens (including phenoxy) is 4. The van der Waals surface area contributed by atoms with Crippen LogP contribution < -0.4 is 18.9 Å². The van der Waals surface area contributed by atoms with Gasteiger partial charge in [0.2, 0.25) is 0 Å². The van der Waals surface area contributed by atoms with Crippen LogP contribution in [0.2, 0.25) is 5.02 Å². The first-order valence-electron chi connectivity index (χ1n) is 15.2. The molecule has 1 aromatic heterocycles. The van der Waals surface area contributed by atoms with Crippen molar-refractivity contribution in [1.29, 1.82) is 0 Å². The number of halogens is 1. The van der Waals surface area contributed by atoms with Gasteiger partial charge in [0.1, 0.15) is 17.1 Å². The van der Waals surface area contributed by atoms with E-state index in [4.69, 9.17) is 30.5 Å². The number of hydrogen-bond donors (Lipinski definition) is 2. The first-order chi connectivity index (χ1) is 21.8. The van der Waals surface area contributed by atoms with E-state index in [1.54, 1.807) is 33.5 Å². The summed E-state index contributed by atoms with van der Waals surface area (Å²) in [6.07, 6.45) is 4.96. The maximum atomic E-state index is 14.0. The van der Waals surface area contributed by atoms with E-state index in [1.165, 1.54) is 6.42 Å². The maximum Gasteiger partial charge on any atom is 0.273 e. The fraction of sp³-hybridized carbons (Fsp3) is 0.371. The van der Waals surface area contributed by atoms with Crippen LogP contribution in [-0.4, -0.2) is 60.6 Å². The summed E-state index contributed by atoms with van der Waals surface area (Å²) in [7, 11) is 4.81. The second kappa shape index (κ2) is 14.2. The molecule has 9 nitrogen and oxygen atoms in total. The Morgan fingerprint density at radius 1 is 0.933 bits per heavy atom. The molecular formula is C35H40ClN3O6. The van der Waals surface area contributed by atoms with Crippen LogP contribution in [0.1, 0.15) is 71.4 Å². The topological polar surface area (TPSA) is 106 Å². The van der Waals surface area contributed by atoms with Gasteiger partial charge in [0.25, 0.3) is 5.91 Å². The molecule has 0 fully saturated rings. The van der Waals surface area contributed by atoms with Gasteiger partial charge in [0.15, 0.2) is 23.0 Å². The number of nitrogens with zero attached hydrogens (tertiary/aromatic N) is 2. The lowest BCUT2D eigenvalue weighted by Gasteiger charge is -2.27. The molecule has 0 aliphatic carbocycles. The van der Waals surface area contributed by atoms with E-state index in [-0.39, 0.29) is 11.7 Å². The third-order valence-corrected chi connectivity index (χ3v) is 8.65. The first kappa shape index (κ1) is 32.0. The van der Waals surface area contributed by atoms with E-state index < -0.39 is 6.04 Å². The lowest BCUT2D eigenvalue weighted by atomic mass is 9.94. The smallest absolute Gasteiger partial charge is 0.273 e. The Hall–Kier alpha value is -4.37. The van der Waals surface area contributed by atoms with Gasteiger partial charge in [-0.2, -0.15) is 5.10 Å². The van der Waals surface area contributed by atoms with Crippen LogP contribution in [0.3, 0.4) is 0 Å². The Morgan fingerprint density at radius 3 is 2.40 bits per heavy atom. The molecule has 1 aliphatic heterocycles. The predicted molar refractivity (Wildman–Crippen MR) is 174 cm³/mol. The van der Waals surface area contributed by atoms with Crippen LogP contribution in [0.5, 0.6) is 28.7 Å². The van der Waals surface area contributed by atoms with Crippen molar-refractivity contribution >= 4 is 17.5 Å². The number of unbranched alkanes of at least 4 members (excludes halogenated alkanes) is 3. The van der Waals surface area contributed by atoms with Crippen molar-refractivity contribution in [3.05, 3.63) is 81.5 Å². The van der Waals surface area contributed by atoms with Crippen LogP contribution in [0.4, 0.5) is 0 Å². The molecule has 45 heavy (non-hydrogen) atoms. The monoisotopic (exact) mass is 633 g/mol. The summed E-state index contributed by atoms with van der Waals surface area (Å²) < 4.78 is 22.7.